The van der Waals surface area contributed by atoms with Gasteiger partial charge in [-0.25, -0.2) is 4.98 Å². The van der Waals surface area contributed by atoms with Gasteiger partial charge >= 0.3 is 0 Å². The van der Waals surface area contributed by atoms with Gasteiger partial charge in [-0.3, -0.25) is 0 Å². The molecule has 1 aromatic rings. The van der Waals surface area contributed by atoms with Gasteiger partial charge in [0.1, 0.15) is 5.76 Å². The smallest absolute Gasteiger partial charge is 0.197 e. The molecule has 0 aliphatic heterocycles. The van der Waals surface area contributed by atoms with Crippen LogP contribution >= 0.6 is 0 Å². The highest BCUT2D eigenvalue weighted by Gasteiger charge is 2.21. The summed E-state index contributed by atoms with van der Waals surface area (Å²) in [7, 11) is 0. The van der Waals surface area contributed by atoms with Crippen LogP contribution in [0.4, 0.5) is 0 Å². The maximum atomic E-state index is 8.88. The fourth-order valence-corrected chi connectivity index (χ4v) is 2.31. The number of oxazole rings is 1. The van der Waals surface area contributed by atoms with E-state index in [9.17, 15) is 0 Å². The highest BCUT2D eigenvalue weighted by atomic mass is 16.4. The van der Waals surface area contributed by atoms with Gasteiger partial charge in [0.15, 0.2) is 5.89 Å². The lowest BCUT2D eigenvalue weighted by atomic mass is 9.89. The van der Waals surface area contributed by atoms with Crippen molar-refractivity contribution in [2.75, 3.05) is 6.61 Å². The average molecular weight is 209 g/mol. The highest BCUT2D eigenvalue weighted by Crippen LogP contribution is 2.32. The Bertz CT molecular complexity index is 313. The summed E-state index contributed by atoms with van der Waals surface area (Å²) < 4.78 is 5.68. The number of aliphatic hydroxyl groups excluding tert-OH is 1. The minimum absolute atomic E-state index is 0.150. The van der Waals surface area contributed by atoms with Crippen molar-refractivity contribution in [3.05, 3.63) is 17.3 Å². The van der Waals surface area contributed by atoms with Crippen LogP contribution in [0.3, 0.4) is 0 Å². The molecule has 1 heterocycles. The van der Waals surface area contributed by atoms with E-state index in [2.05, 4.69) is 4.98 Å². The minimum atomic E-state index is 0.150. The number of hydrogen-bond donors (Lipinski definition) is 1. The molecule has 0 unspecified atom stereocenters. The van der Waals surface area contributed by atoms with Crippen LogP contribution in [0, 0.1) is 6.92 Å². The number of aromatic nitrogens is 1. The molecule has 0 bridgehead atoms. The molecule has 1 N–H and O–H groups in total. The van der Waals surface area contributed by atoms with Crippen molar-refractivity contribution in [3.8, 4) is 0 Å². The van der Waals surface area contributed by atoms with Crippen LogP contribution in [-0.2, 0) is 6.42 Å². The van der Waals surface area contributed by atoms with E-state index in [1.54, 1.807) is 0 Å². The Morgan fingerprint density at radius 1 is 1.33 bits per heavy atom. The zero-order valence-corrected chi connectivity index (χ0v) is 9.33. The number of aliphatic hydroxyl groups is 1. The SMILES string of the molecule is Cc1oc(C2CCCCC2)nc1CCO. The molecular weight excluding hydrogens is 190 g/mol. The van der Waals surface area contributed by atoms with E-state index in [1.165, 1.54) is 32.1 Å². The summed E-state index contributed by atoms with van der Waals surface area (Å²) in [6.07, 6.45) is 6.96. The first-order valence-corrected chi connectivity index (χ1v) is 5.88. The van der Waals surface area contributed by atoms with Gasteiger partial charge in [0.05, 0.1) is 5.69 Å². The van der Waals surface area contributed by atoms with E-state index in [4.69, 9.17) is 9.52 Å². The predicted octanol–water partition coefficient (Wildman–Crippen LogP) is 2.57. The summed E-state index contributed by atoms with van der Waals surface area (Å²) in [5.41, 5.74) is 0.929. The second-order valence-electron chi connectivity index (χ2n) is 4.36. The zero-order valence-electron chi connectivity index (χ0n) is 9.33. The van der Waals surface area contributed by atoms with Crippen molar-refractivity contribution in [1.82, 2.24) is 4.98 Å². The average Bonchev–Trinajstić information content (AvgIpc) is 2.63. The summed E-state index contributed by atoms with van der Waals surface area (Å²) in [5.74, 6) is 2.30. The summed E-state index contributed by atoms with van der Waals surface area (Å²) in [6.45, 7) is 2.09. The lowest BCUT2D eigenvalue weighted by molar-refractivity contribution is 0.297. The first-order chi connectivity index (χ1) is 7.31. The molecular formula is C12H19NO2. The zero-order chi connectivity index (χ0) is 10.7. The van der Waals surface area contributed by atoms with E-state index in [1.807, 2.05) is 6.92 Å². The molecule has 0 aromatic carbocycles. The summed E-state index contributed by atoms with van der Waals surface area (Å²) >= 11 is 0. The molecule has 0 amide bonds. The van der Waals surface area contributed by atoms with E-state index >= 15 is 0 Å². The van der Waals surface area contributed by atoms with E-state index in [-0.39, 0.29) is 6.61 Å². The molecule has 1 aliphatic carbocycles. The van der Waals surface area contributed by atoms with Crippen molar-refractivity contribution in [1.29, 1.82) is 0 Å². The number of rotatable bonds is 3. The lowest BCUT2D eigenvalue weighted by Crippen LogP contribution is -2.05. The first-order valence-electron chi connectivity index (χ1n) is 5.88. The van der Waals surface area contributed by atoms with Crippen LogP contribution in [0.25, 0.3) is 0 Å². The number of aryl methyl sites for hydroxylation is 1. The van der Waals surface area contributed by atoms with E-state index in [0.29, 0.717) is 12.3 Å². The molecule has 84 valence electrons. The topological polar surface area (TPSA) is 46.3 Å². The van der Waals surface area contributed by atoms with Crippen LogP contribution in [0.2, 0.25) is 0 Å². The van der Waals surface area contributed by atoms with Crippen LogP contribution in [0.5, 0.6) is 0 Å². The van der Waals surface area contributed by atoms with Crippen LogP contribution in [0.1, 0.15) is 55.4 Å². The maximum absolute atomic E-state index is 8.88. The second kappa shape index (κ2) is 4.79. The molecule has 0 spiro atoms. The molecule has 0 saturated heterocycles. The normalized spacial score (nSPS) is 18.3. The molecule has 3 heteroatoms. The number of hydrogen-bond acceptors (Lipinski definition) is 3. The van der Waals surface area contributed by atoms with Crippen molar-refractivity contribution in [2.45, 2.75) is 51.4 Å². The third-order valence-electron chi connectivity index (χ3n) is 3.21. The Labute approximate surface area is 90.5 Å². The Morgan fingerprint density at radius 3 is 2.73 bits per heavy atom. The van der Waals surface area contributed by atoms with Crippen LogP contribution < -0.4 is 0 Å². The molecule has 1 fully saturated rings. The Balaban J connectivity index is 2.10. The minimum Gasteiger partial charge on any atom is -0.445 e. The highest BCUT2D eigenvalue weighted by molar-refractivity contribution is 5.10. The van der Waals surface area contributed by atoms with E-state index in [0.717, 1.165) is 17.3 Å². The van der Waals surface area contributed by atoms with E-state index < -0.39 is 0 Å². The van der Waals surface area contributed by atoms with Crippen molar-refractivity contribution in [3.63, 3.8) is 0 Å². The lowest BCUT2D eigenvalue weighted by Gasteiger charge is -2.17. The molecule has 1 saturated carbocycles. The molecule has 0 radical (unpaired) electrons. The van der Waals surface area contributed by atoms with Crippen molar-refractivity contribution in [2.24, 2.45) is 0 Å². The van der Waals surface area contributed by atoms with Gasteiger partial charge in [0.2, 0.25) is 0 Å². The summed E-state index contributed by atoms with van der Waals surface area (Å²) in [6, 6.07) is 0. The number of nitrogens with zero attached hydrogens (tertiary/aromatic N) is 1. The Hall–Kier alpha value is -0.830. The summed E-state index contributed by atoms with van der Waals surface area (Å²) in [5, 5.41) is 8.88. The molecule has 15 heavy (non-hydrogen) atoms. The first kappa shape index (κ1) is 10.7. The van der Waals surface area contributed by atoms with Gasteiger partial charge in [0, 0.05) is 18.9 Å². The van der Waals surface area contributed by atoms with Gasteiger partial charge in [0.25, 0.3) is 0 Å². The summed E-state index contributed by atoms with van der Waals surface area (Å²) in [4.78, 5) is 4.50. The maximum Gasteiger partial charge on any atom is 0.197 e. The molecule has 1 aliphatic rings. The predicted molar refractivity (Wildman–Crippen MR) is 57.9 cm³/mol. The quantitative estimate of drug-likeness (QED) is 0.832. The van der Waals surface area contributed by atoms with Crippen LogP contribution in [-0.4, -0.2) is 16.7 Å². The van der Waals surface area contributed by atoms with Gasteiger partial charge in [-0.2, -0.15) is 0 Å². The monoisotopic (exact) mass is 209 g/mol. The largest absolute Gasteiger partial charge is 0.445 e. The fraction of sp³-hybridized carbons (Fsp3) is 0.750. The van der Waals surface area contributed by atoms with Gasteiger partial charge in [-0.15, -0.1) is 0 Å². The second-order valence-corrected chi connectivity index (χ2v) is 4.36. The molecule has 0 atom stereocenters. The van der Waals surface area contributed by atoms with Crippen LogP contribution in [0.15, 0.2) is 4.42 Å². The van der Waals surface area contributed by atoms with Crippen molar-refractivity contribution < 1.29 is 9.52 Å². The molecule has 1 aromatic heterocycles. The Morgan fingerprint density at radius 2 is 2.07 bits per heavy atom. The van der Waals surface area contributed by atoms with Gasteiger partial charge in [-0.05, 0) is 19.8 Å². The standard InChI is InChI=1S/C12H19NO2/c1-9-11(7-8-14)13-12(15-9)10-5-3-2-4-6-10/h10,14H,2-8H2,1H3. The fourth-order valence-electron chi connectivity index (χ4n) is 2.31. The van der Waals surface area contributed by atoms with Gasteiger partial charge < -0.3 is 9.52 Å². The Kier molecular flexibility index (Phi) is 3.41. The van der Waals surface area contributed by atoms with Crippen molar-refractivity contribution >= 4 is 0 Å². The van der Waals surface area contributed by atoms with Gasteiger partial charge in [-0.1, -0.05) is 19.3 Å². The molecule has 2 rings (SSSR count). The molecule has 3 nitrogen and oxygen atoms in total. The third-order valence-corrected chi connectivity index (χ3v) is 3.21. The third kappa shape index (κ3) is 2.40.